The van der Waals surface area contributed by atoms with Gasteiger partial charge in [-0.25, -0.2) is 8.42 Å². The summed E-state index contributed by atoms with van der Waals surface area (Å²) in [6.45, 7) is 2.65. The van der Waals surface area contributed by atoms with Crippen LogP contribution in [0.5, 0.6) is 0 Å². The molecule has 3 aromatic rings. The summed E-state index contributed by atoms with van der Waals surface area (Å²) in [6, 6.07) is 13.5. The Morgan fingerprint density at radius 3 is 2.56 bits per heavy atom. The zero-order valence-electron chi connectivity index (χ0n) is 13.4. The molecule has 0 saturated carbocycles. The molecule has 2 atom stereocenters. The number of alkyl halides is 1. The van der Waals surface area contributed by atoms with E-state index in [1.165, 1.54) is 0 Å². The number of benzene rings is 2. The summed E-state index contributed by atoms with van der Waals surface area (Å²) in [5, 5.41) is 3.86. The second-order valence-electron chi connectivity index (χ2n) is 5.95. The van der Waals surface area contributed by atoms with Crippen molar-refractivity contribution in [1.82, 2.24) is 5.32 Å². The number of furan rings is 1. The number of sulfone groups is 1. The van der Waals surface area contributed by atoms with E-state index in [4.69, 9.17) is 16.0 Å². The second-order valence-corrected chi connectivity index (χ2v) is 8.43. The first-order chi connectivity index (χ1) is 11.5. The Morgan fingerprint density at radius 1 is 1.12 bits per heavy atom. The lowest BCUT2D eigenvalue weighted by molar-refractivity contribution is 0.454. The number of halogens is 2. The predicted octanol–water partition coefficient (Wildman–Crippen LogP) is 4.63. The van der Waals surface area contributed by atoms with Crippen LogP contribution in [0.1, 0.15) is 29.7 Å². The van der Waals surface area contributed by atoms with Crippen molar-refractivity contribution in [3.05, 3.63) is 59.9 Å². The number of hydrogen-bond acceptors (Lipinski definition) is 4. The number of rotatable bonds is 2. The normalized spacial score (nSPS) is 20.1. The van der Waals surface area contributed by atoms with Gasteiger partial charge in [-0.3, -0.25) is 0 Å². The van der Waals surface area contributed by atoms with Gasteiger partial charge in [-0.15, -0.1) is 24.0 Å². The predicted molar refractivity (Wildman–Crippen MR) is 100 cm³/mol. The lowest BCUT2D eigenvalue weighted by Crippen LogP contribution is -2.28. The molecule has 2 heterocycles. The summed E-state index contributed by atoms with van der Waals surface area (Å²) in [7, 11) is -3.56. The van der Waals surface area contributed by atoms with E-state index in [9.17, 15) is 8.42 Å². The molecular formula is C18H17Cl2NO3S. The summed E-state index contributed by atoms with van der Waals surface area (Å²) in [4.78, 5) is 0.539. The molecule has 0 saturated heterocycles. The molecule has 25 heavy (non-hydrogen) atoms. The quantitative estimate of drug-likeness (QED) is 0.640. The molecule has 0 amide bonds. The Kier molecular flexibility index (Phi) is 4.86. The first-order valence-corrected chi connectivity index (χ1v) is 9.64. The fourth-order valence-corrected chi connectivity index (χ4v) is 4.73. The molecular weight excluding hydrogens is 381 g/mol. The van der Waals surface area contributed by atoms with Gasteiger partial charge in [0, 0.05) is 23.5 Å². The van der Waals surface area contributed by atoms with Crippen molar-refractivity contribution < 1.29 is 12.8 Å². The van der Waals surface area contributed by atoms with Crippen molar-refractivity contribution in [2.75, 3.05) is 6.54 Å². The van der Waals surface area contributed by atoms with Gasteiger partial charge in [0.2, 0.25) is 9.84 Å². The summed E-state index contributed by atoms with van der Waals surface area (Å²) >= 11 is 6.34. The minimum absolute atomic E-state index is 0. The molecule has 4 rings (SSSR count). The van der Waals surface area contributed by atoms with Crippen molar-refractivity contribution in [1.29, 1.82) is 0 Å². The van der Waals surface area contributed by atoms with Crippen LogP contribution in [-0.2, 0) is 9.84 Å². The van der Waals surface area contributed by atoms with E-state index < -0.39 is 9.84 Å². The average Bonchev–Trinajstić information content (AvgIpc) is 2.99. The van der Waals surface area contributed by atoms with Gasteiger partial charge in [0.1, 0.15) is 16.7 Å². The minimum Gasteiger partial charge on any atom is -0.459 e. The summed E-state index contributed by atoms with van der Waals surface area (Å²) in [5.74, 6) is 0.729. The summed E-state index contributed by atoms with van der Waals surface area (Å²) < 4.78 is 31.6. The Bertz CT molecular complexity index is 1020. The lowest BCUT2D eigenvalue weighted by atomic mass is 9.99. The van der Waals surface area contributed by atoms with Crippen molar-refractivity contribution >= 4 is 44.8 Å². The van der Waals surface area contributed by atoms with Crippen LogP contribution in [0.25, 0.3) is 11.0 Å². The van der Waals surface area contributed by atoms with Crippen molar-refractivity contribution in [3.8, 4) is 0 Å². The molecule has 7 heteroatoms. The van der Waals surface area contributed by atoms with Crippen LogP contribution in [-0.4, -0.2) is 15.0 Å². The zero-order valence-corrected chi connectivity index (χ0v) is 15.8. The molecule has 1 aliphatic heterocycles. The van der Waals surface area contributed by atoms with Crippen LogP contribution in [0, 0.1) is 0 Å². The standard InChI is InChI=1S/C18H16ClNO3S.ClH/c1-11-17-14-9-13(24(21,22)12-5-3-2-4-6-12)7-8-16(14)23-18(17)15(19)10-20-11;/h2-9,11,15,20H,10H2,1H3;1H. The van der Waals surface area contributed by atoms with Crippen molar-refractivity contribution in [3.63, 3.8) is 0 Å². The lowest BCUT2D eigenvalue weighted by Gasteiger charge is -2.23. The van der Waals surface area contributed by atoms with Gasteiger partial charge in [0.25, 0.3) is 0 Å². The molecule has 0 aliphatic carbocycles. The number of nitrogens with one attached hydrogen (secondary N) is 1. The van der Waals surface area contributed by atoms with Crippen molar-refractivity contribution in [2.24, 2.45) is 0 Å². The number of fused-ring (bicyclic) bond motifs is 3. The van der Waals surface area contributed by atoms with Crippen LogP contribution in [0.3, 0.4) is 0 Å². The Labute approximate surface area is 157 Å². The van der Waals surface area contributed by atoms with E-state index in [0.29, 0.717) is 12.1 Å². The van der Waals surface area contributed by atoms with Gasteiger partial charge < -0.3 is 9.73 Å². The number of hydrogen-bond donors (Lipinski definition) is 1. The van der Waals surface area contributed by atoms with E-state index in [1.807, 2.05) is 6.92 Å². The Hall–Kier alpha value is -1.53. The highest BCUT2D eigenvalue weighted by atomic mass is 35.5. The maximum absolute atomic E-state index is 12.8. The highest BCUT2D eigenvalue weighted by Gasteiger charge is 2.30. The molecule has 2 unspecified atom stereocenters. The van der Waals surface area contributed by atoms with Crippen molar-refractivity contribution in [2.45, 2.75) is 28.1 Å². The highest BCUT2D eigenvalue weighted by Crippen LogP contribution is 2.40. The molecule has 0 fully saturated rings. The molecule has 0 spiro atoms. The molecule has 4 nitrogen and oxygen atoms in total. The third-order valence-corrected chi connectivity index (χ3v) is 6.53. The van der Waals surface area contributed by atoms with Crippen LogP contribution in [0.15, 0.2) is 62.7 Å². The largest absolute Gasteiger partial charge is 0.459 e. The summed E-state index contributed by atoms with van der Waals surface area (Å²) in [6.07, 6.45) is 0. The van der Waals surface area contributed by atoms with Crippen LogP contribution in [0.4, 0.5) is 0 Å². The van der Waals surface area contributed by atoms with E-state index in [1.54, 1.807) is 48.5 Å². The van der Waals surface area contributed by atoms with Gasteiger partial charge in [-0.2, -0.15) is 0 Å². The van der Waals surface area contributed by atoms with Gasteiger partial charge in [0.15, 0.2) is 0 Å². The molecule has 2 aromatic carbocycles. The fourth-order valence-electron chi connectivity index (χ4n) is 3.17. The topological polar surface area (TPSA) is 59.3 Å². The van der Waals surface area contributed by atoms with E-state index >= 15 is 0 Å². The molecule has 0 bridgehead atoms. The van der Waals surface area contributed by atoms with Crippen LogP contribution < -0.4 is 5.32 Å². The van der Waals surface area contributed by atoms with Gasteiger partial charge in [-0.1, -0.05) is 18.2 Å². The Balaban J connectivity index is 0.00000182. The Morgan fingerprint density at radius 2 is 1.84 bits per heavy atom. The fraction of sp³-hybridized carbons (Fsp3) is 0.222. The van der Waals surface area contributed by atoms with E-state index in [0.717, 1.165) is 16.7 Å². The molecule has 1 aliphatic rings. The van der Waals surface area contributed by atoms with Gasteiger partial charge >= 0.3 is 0 Å². The summed E-state index contributed by atoms with van der Waals surface area (Å²) in [5.41, 5.74) is 1.61. The average molecular weight is 398 g/mol. The smallest absolute Gasteiger partial charge is 0.206 e. The molecule has 132 valence electrons. The zero-order chi connectivity index (χ0) is 16.9. The minimum atomic E-state index is -3.56. The van der Waals surface area contributed by atoms with Gasteiger partial charge in [0.05, 0.1) is 9.79 Å². The molecule has 1 N–H and O–H groups in total. The maximum Gasteiger partial charge on any atom is 0.206 e. The SMILES string of the molecule is CC1NCC(Cl)c2oc3ccc(S(=O)(=O)c4ccccc4)cc3c21.Cl. The van der Waals surface area contributed by atoms with Crippen LogP contribution >= 0.6 is 24.0 Å². The molecule has 1 aromatic heterocycles. The molecule has 0 radical (unpaired) electrons. The maximum atomic E-state index is 12.8. The third kappa shape index (κ3) is 2.95. The monoisotopic (exact) mass is 397 g/mol. The second kappa shape index (κ2) is 6.65. The van der Waals surface area contributed by atoms with E-state index in [2.05, 4.69) is 5.32 Å². The van der Waals surface area contributed by atoms with Gasteiger partial charge in [-0.05, 0) is 37.3 Å². The third-order valence-electron chi connectivity index (χ3n) is 4.41. The van der Waals surface area contributed by atoms with Crippen LogP contribution in [0.2, 0.25) is 0 Å². The van der Waals surface area contributed by atoms with E-state index in [-0.39, 0.29) is 33.6 Å². The highest BCUT2D eigenvalue weighted by molar-refractivity contribution is 7.91. The first kappa shape index (κ1) is 18.3. The first-order valence-electron chi connectivity index (χ1n) is 7.72.